The van der Waals surface area contributed by atoms with Crippen molar-refractivity contribution >= 4 is 35.1 Å². The van der Waals surface area contributed by atoms with Gasteiger partial charge in [0.25, 0.3) is 0 Å². The van der Waals surface area contributed by atoms with E-state index in [1.54, 1.807) is 27.7 Å². The number of nitrogens with one attached hydrogen (secondary N) is 1. The summed E-state index contributed by atoms with van der Waals surface area (Å²) >= 11 is 6.87. The Labute approximate surface area is 142 Å². The molecule has 124 valence electrons. The maximum absolute atomic E-state index is 12.2. The summed E-state index contributed by atoms with van der Waals surface area (Å²) in [6.07, 6.45) is -0.245. The highest BCUT2D eigenvalue weighted by Gasteiger charge is 2.24. The molecule has 0 aliphatic rings. The van der Waals surface area contributed by atoms with Crippen LogP contribution in [-0.2, 0) is 16.1 Å². The van der Waals surface area contributed by atoms with Gasteiger partial charge in [0, 0.05) is 17.2 Å². The minimum Gasteiger partial charge on any atom is -0.459 e. The maximum atomic E-state index is 12.2. The Morgan fingerprint density at radius 1 is 1.30 bits per heavy atom. The van der Waals surface area contributed by atoms with Gasteiger partial charge in [-0.2, -0.15) is 0 Å². The standard InChI is InChI=1S/C14H16ClN3O4S/c1-6(2)22-13(19)10-7(3)11(16-8(10)4)14(20)21-5-9-12(15)23-18-17-9/h6,16H,5H2,1-4H3. The van der Waals surface area contributed by atoms with Crippen LogP contribution in [0.2, 0.25) is 4.34 Å². The number of nitrogens with zero attached hydrogens (tertiary/aromatic N) is 2. The van der Waals surface area contributed by atoms with E-state index in [2.05, 4.69) is 14.6 Å². The molecule has 9 heteroatoms. The molecule has 0 aliphatic carbocycles. The van der Waals surface area contributed by atoms with Crippen LogP contribution in [0, 0.1) is 13.8 Å². The molecule has 2 aromatic rings. The van der Waals surface area contributed by atoms with Gasteiger partial charge in [0.15, 0.2) is 0 Å². The third-order valence-electron chi connectivity index (χ3n) is 3.04. The number of carbonyl (C=O) groups excluding carboxylic acids is 2. The first-order valence-electron chi connectivity index (χ1n) is 6.85. The van der Waals surface area contributed by atoms with Crippen LogP contribution in [0.1, 0.15) is 51.6 Å². The van der Waals surface area contributed by atoms with E-state index in [4.69, 9.17) is 21.1 Å². The number of ether oxygens (including phenoxy) is 2. The lowest BCUT2D eigenvalue weighted by Crippen LogP contribution is -2.13. The summed E-state index contributed by atoms with van der Waals surface area (Å²) in [7, 11) is 0. The lowest BCUT2D eigenvalue weighted by atomic mass is 10.1. The summed E-state index contributed by atoms with van der Waals surface area (Å²) in [5, 5.41) is 3.76. The second-order valence-electron chi connectivity index (χ2n) is 5.15. The number of aromatic amines is 1. The predicted molar refractivity (Wildman–Crippen MR) is 84.9 cm³/mol. The van der Waals surface area contributed by atoms with Gasteiger partial charge in [-0.15, -0.1) is 5.10 Å². The highest BCUT2D eigenvalue weighted by molar-refractivity contribution is 7.10. The summed E-state index contributed by atoms with van der Waals surface area (Å²) in [6, 6.07) is 0. The fraction of sp³-hybridized carbons (Fsp3) is 0.429. The first-order valence-corrected chi connectivity index (χ1v) is 8.00. The second kappa shape index (κ2) is 7.10. The average Bonchev–Trinajstić information content (AvgIpc) is 2.99. The molecule has 0 aromatic carbocycles. The first-order chi connectivity index (χ1) is 10.8. The number of aryl methyl sites for hydroxylation is 1. The zero-order valence-electron chi connectivity index (χ0n) is 13.1. The van der Waals surface area contributed by atoms with Gasteiger partial charge < -0.3 is 14.5 Å². The van der Waals surface area contributed by atoms with E-state index < -0.39 is 11.9 Å². The minimum absolute atomic E-state index is 0.0859. The Kier molecular flexibility index (Phi) is 5.38. The number of carbonyl (C=O) groups is 2. The Morgan fingerprint density at radius 2 is 2.00 bits per heavy atom. The van der Waals surface area contributed by atoms with Crippen LogP contribution in [0.5, 0.6) is 0 Å². The quantitative estimate of drug-likeness (QED) is 0.826. The number of hydrogen-bond donors (Lipinski definition) is 1. The van der Waals surface area contributed by atoms with E-state index in [0.717, 1.165) is 11.5 Å². The van der Waals surface area contributed by atoms with Gasteiger partial charge in [-0.3, -0.25) is 0 Å². The summed E-state index contributed by atoms with van der Waals surface area (Å²) in [6.45, 7) is 6.79. The molecule has 1 N–H and O–H groups in total. The Morgan fingerprint density at radius 3 is 2.57 bits per heavy atom. The molecule has 0 spiro atoms. The summed E-state index contributed by atoms with van der Waals surface area (Å²) < 4.78 is 14.4. The van der Waals surface area contributed by atoms with Crippen molar-refractivity contribution in [1.29, 1.82) is 0 Å². The van der Waals surface area contributed by atoms with E-state index in [1.165, 1.54) is 0 Å². The smallest absolute Gasteiger partial charge is 0.355 e. The van der Waals surface area contributed by atoms with Crippen LogP contribution in [0.25, 0.3) is 0 Å². The van der Waals surface area contributed by atoms with Crippen molar-refractivity contribution < 1.29 is 19.1 Å². The van der Waals surface area contributed by atoms with Crippen LogP contribution in [0.15, 0.2) is 0 Å². The van der Waals surface area contributed by atoms with Gasteiger partial charge >= 0.3 is 11.9 Å². The van der Waals surface area contributed by atoms with Gasteiger partial charge in [0.1, 0.15) is 22.3 Å². The first kappa shape index (κ1) is 17.4. The van der Waals surface area contributed by atoms with E-state index >= 15 is 0 Å². The molecule has 0 saturated heterocycles. The van der Waals surface area contributed by atoms with E-state index in [0.29, 0.717) is 26.9 Å². The van der Waals surface area contributed by atoms with Crippen molar-refractivity contribution in [3.8, 4) is 0 Å². The average molecular weight is 358 g/mol. The molecule has 2 heterocycles. The third kappa shape index (κ3) is 3.89. The lowest BCUT2D eigenvalue weighted by molar-refractivity contribution is 0.0376. The predicted octanol–water partition coefficient (Wildman–Crippen LogP) is 3.06. The summed E-state index contributed by atoms with van der Waals surface area (Å²) in [5.41, 5.74) is 1.98. The third-order valence-corrected chi connectivity index (χ3v) is 4.02. The van der Waals surface area contributed by atoms with Crippen molar-refractivity contribution in [2.24, 2.45) is 0 Å². The van der Waals surface area contributed by atoms with Crippen molar-refractivity contribution in [2.75, 3.05) is 0 Å². The molecule has 0 unspecified atom stereocenters. The number of esters is 2. The van der Waals surface area contributed by atoms with Crippen LogP contribution in [0.3, 0.4) is 0 Å². The van der Waals surface area contributed by atoms with Gasteiger partial charge in [-0.1, -0.05) is 16.1 Å². The molecule has 0 atom stereocenters. The van der Waals surface area contributed by atoms with Crippen LogP contribution >= 0.6 is 23.1 Å². The number of hydrogen-bond acceptors (Lipinski definition) is 7. The SMILES string of the molecule is Cc1[nH]c(C(=O)OCc2nnsc2Cl)c(C)c1C(=O)OC(C)C. The van der Waals surface area contributed by atoms with E-state index in [-0.39, 0.29) is 18.4 Å². The number of rotatable bonds is 5. The molecule has 0 radical (unpaired) electrons. The molecule has 23 heavy (non-hydrogen) atoms. The minimum atomic E-state index is -0.599. The van der Waals surface area contributed by atoms with Gasteiger partial charge in [-0.05, 0) is 33.3 Å². The van der Waals surface area contributed by atoms with Crippen LogP contribution in [-0.4, -0.2) is 32.6 Å². The highest BCUT2D eigenvalue weighted by atomic mass is 35.5. The van der Waals surface area contributed by atoms with Crippen molar-refractivity contribution in [1.82, 2.24) is 14.6 Å². The molecule has 7 nitrogen and oxygen atoms in total. The van der Waals surface area contributed by atoms with Crippen molar-refractivity contribution in [2.45, 2.75) is 40.4 Å². The fourth-order valence-electron chi connectivity index (χ4n) is 2.02. The molecular weight excluding hydrogens is 342 g/mol. The molecule has 0 saturated carbocycles. The van der Waals surface area contributed by atoms with Crippen LogP contribution in [0.4, 0.5) is 0 Å². The molecule has 0 bridgehead atoms. The second-order valence-corrected chi connectivity index (χ2v) is 6.50. The van der Waals surface area contributed by atoms with Crippen molar-refractivity contribution in [3.05, 3.63) is 32.5 Å². The Bertz CT molecular complexity index is 738. The van der Waals surface area contributed by atoms with E-state index in [9.17, 15) is 9.59 Å². The monoisotopic (exact) mass is 357 g/mol. The van der Waals surface area contributed by atoms with Crippen LogP contribution < -0.4 is 0 Å². The Hall–Kier alpha value is -1.93. The zero-order valence-corrected chi connectivity index (χ0v) is 14.7. The summed E-state index contributed by atoms with van der Waals surface area (Å²) in [5.74, 6) is -1.07. The van der Waals surface area contributed by atoms with Gasteiger partial charge in [0.05, 0.1) is 11.7 Å². The van der Waals surface area contributed by atoms with Gasteiger partial charge in [-0.25, -0.2) is 9.59 Å². The Balaban J connectivity index is 2.15. The maximum Gasteiger partial charge on any atom is 0.355 e. The number of aromatic nitrogens is 3. The topological polar surface area (TPSA) is 94.2 Å². The summed E-state index contributed by atoms with van der Waals surface area (Å²) in [4.78, 5) is 27.2. The normalized spacial score (nSPS) is 10.9. The fourth-order valence-corrected chi connectivity index (χ4v) is 2.62. The molecular formula is C14H16ClN3O4S. The highest BCUT2D eigenvalue weighted by Crippen LogP contribution is 2.22. The number of halogens is 1. The van der Waals surface area contributed by atoms with Crippen molar-refractivity contribution in [3.63, 3.8) is 0 Å². The van der Waals surface area contributed by atoms with E-state index in [1.807, 2.05) is 0 Å². The number of H-pyrrole nitrogens is 1. The molecule has 0 amide bonds. The lowest BCUT2D eigenvalue weighted by Gasteiger charge is -2.08. The molecule has 2 rings (SSSR count). The largest absolute Gasteiger partial charge is 0.459 e. The molecule has 0 aliphatic heterocycles. The molecule has 0 fully saturated rings. The molecule has 2 aromatic heterocycles. The van der Waals surface area contributed by atoms with Gasteiger partial charge in [0.2, 0.25) is 0 Å². The zero-order chi connectivity index (χ0) is 17.1.